The van der Waals surface area contributed by atoms with Crippen molar-refractivity contribution in [3.05, 3.63) is 59.7 Å². The van der Waals surface area contributed by atoms with E-state index in [4.69, 9.17) is 10.00 Å². The van der Waals surface area contributed by atoms with Crippen LogP contribution in [0.3, 0.4) is 0 Å². The molecule has 2 aromatic rings. The van der Waals surface area contributed by atoms with Gasteiger partial charge in [-0.15, -0.1) is 0 Å². The molecule has 0 fully saturated rings. The summed E-state index contributed by atoms with van der Waals surface area (Å²) in [5.74, 6) is 0.927. The van der Waals surface area contributed by atoms with Gasteiger partial charge in [-0.1, -0.05) is 36.4 Å². The molecule has 0 amide bonds. The van der Waals surface area contributed by atoms with Crippen molar-refractivity contribution >= 4 is 5.69 Å². The number of rotatable bonds is 4. The number of hydrogen-bond donors (Lipinski definition) is 0. The molecule has 3 nitrogen and oxygen atoms in total. The summed E-state index contributed by atoms with van der Waals surface area (Å²) in [6, 6.07) is 19.0. The van der Waals surface area contributed by atoms with Crippen LogP contribution in [0.2, 0.25) is 0 Å². The second kappa shape index (κ2) is 6.53. The van der Waals surface area contributed by atoms with E-state index in [1.807, 2.05) is 12.1 Å². The number of aryl methyl sites for hydroxylation is 1. The number of anilines is 1. The normalized spacial score (nSPS) is 16.5. The quantitative estimate of drug-likeness (QED) is 0.852. The van der Waals surface area contributed by atoms with Crippen molar-refractivity contribution in [1.29, 1.82) is 5.26 Å². The van der Waals surface area contributed by atoms with Crippen molar-refractivity contribution in [2.75, 3.05) is 11.4 Å². The molecule has 1 heterocycles. The van der Waals surface area contributed by atoms with Crippen molar-refractivity contribution in [2.24, 2.45) is 0 Å². The summed E-state index contributed by atoms with van der Waals surface area (Å²) >= 11 is 0. The Kier molecular flexibility index (Phi) is 4.29. The fourth-order valence-corrected chi connectivity index (χ4v) is 2.86. The molecular weight excluding hydrogens is 272 g/mol. The molecule has 3 rings (SSSR count). The molecule has 0 saturated carbocycles. The van der Waals surface area contributed by atoms with Crippen LogP contribution in [0.4, 0.5) is 5.69 Å². The molecule has 0 aromatic heterocycles. The summed E-state index contributed by atoms with van der Waals surface area (Å²) in [7, 11) is 0. The number of hydrogen-bond acceptors (Lipinski definition) is 3. The first-order valence-electron chi connectivity index (χ1n) is 7.69. The lowest BCUT2D eigenvalue weighted by molar-refractivity contribution is 0.184. The molecule has 0 bridgehead atoms. The zero-order valence-electron chi connectivity index (χ0n) is 12.8. The molecule has 1 atom stereocenters. The Hall–Kier alpha value is -2.47. The van der Waals surface area contributed by atoms with Crippen LogP contribution < -0.4 is 9.64 Å². The SMILES string of the molecule is Cc1ccc2c(c1)N(Cc1ccccc1)CC(CCC#N)O2. The Bertz CT molecular complexity index is 676. The van der Waals surface area contributed by atoms with E-state index in [-0.39, 0.29) is 6.10 Å². The summed E-state index contributed by atoms with van der Waals surface area (Å²) < 4.78 is 6.06. The fraction of sp³-hybridized carbons (Fsp3) is 0.316. The first-order valence-corrected chi connectivity index (χ1v) is 7.69. The first-order chi connectivity index (χ1) is 10.8. The molecule has 1 aliphatic rings. The minimum atomic E-state index is 0.0820. The molecule has 0 radical (unpaired) electrons. The van der Waals surface area contributed by atoms with Crippen LogP contribution in [0.5, 0.6) is 5.75 Å². The molecule has 0 N–H and O–H groups in total. The van der Waals surface area contributed by atoms with Gasteiger partial charge >= 0.3 is 0 Å². The Labute approximate surface area is 131 Å². The van der Waals surface area contributed by atoms with Crippen molar-refractivity contribution in [3.63, 3.8) is 0 Å². The third kappa shape index (κ3) is 3.23. The monoisotopic (exact) mass is 292 g/mol. The maximum Gasteiger partial charge on any atom is 0.143 e. The maximum absolute atomic E-state index is 8.81. The summed E-state index contributed by atoms with van der Waals surface area (Å²) in [6.07, 6.45) is 1.39. The van der Waals surface area contributed by atoms with Crippen LogP contribution >= 0.6 is 0 Å². The van der Waals surface area contributed by atoms with Crippen LogP contribution in [0, 0.1) is 18.3 Å². The van der Waals surface area contributed by atoms with E-state index in [1.54, 1.807) is 0 Å². The highest BCUT2D eigenvalue weighted by atomic mass is 16.5. The molecule has 2 aromatic carbocycles. The maximum atomic E-state index is 8.81. The number of nitrogens with zero attached hydrogens (tertiary/aromatic N) is 2. The third-order valence-corrected chi connectivity index (χ3v) is 3.97. The lowest BCUT2D eigenvalue weighted by Crippen LogP contribution is -2.39. The molecule has 0 spiro atoms. The largest absolute Gasteiger partial charge is 0.486 e. The summed E-state index contributed by atoms with van der Waals surface area (Å²) in [4.78, 5) is 2.36. The number of nitriles is 1. The molecule has 3 heteroatoms. The molecule has 0 saturated heterocycles. The summed E-state index contributed by atoms with van der Waals surface area (Å²) in [5.41, 5.74) is 3.67. The van der Waals surface area contributed by atoms with Gasteiger partial charge in [0.2, 0.25) is 0 Å². The molecule has 1 unspecified atom stereocenters. The van der Waals surface area contributed by atoms with Gasteiger partial charge in [-0.3, -0.25) is 0 Å². The van der Waals surface area contributed by atoms with E-state index in [0.717, 1.165) is 30.9 Å². The van der Waals surface area contributed by atoms with Crippen LogP contribution in [-0.2, 0) is 6.54 Å². The number of fused-ring (bicyclic) bond motifs is 1. The minimum absolute atomic E-state index is 0.0820. The standard InChI is InChI=1S/C19H20N2O/c1-15-9-10-19-18(12-15)21(13-16-6-3-2-4-7-16)14-17(22-19)8-5-11-20/h2-4,6-7,9-10,12,17H,5,8,13-14H2,1H3. The lowest BCUT2D eigenvalue weighted by Gasteiger charge is -2.36. The predicted molar refractivity (Wildman–Crippen MR) is 87.9 cm³/mol. The van der Waals surface area contributed by atoms with Gasteiger partial charge in [-0.05, 0) is 36.6 Å². The molecular formula is C19H20N2O. The Morgan fingerprint density at radius 3 is 2.82 bits per heavy atom. The Morgan fingerprint density at radius 2 is 2.05 bits per heavy atom. The number of ether oxygens (including phenoxy) is 1. The van der Waals surface area contributed by atoms with E-state index in [2.05, 4.69) is 54.3 Å². The molecule has 22 heavy (non-hydrogen) atoms. The van der Waals surface area contributed by atoms with Crippen molar-refractivity contribution in [1.82, 2.24) is 0 Å². The summed E-state index contributed by atoms with van der Waals surface area (Å²) in [5, 5.41) is 8.81. The van der Waals surface area contributed by atoms with E-state index in [9.17, 15) is 0 Å². The first kappa shape index (κ1) is 14.5. The van der Waals surface area contributed by atoms with Gasteiger partial charge in [-0.2, -0.15) is 5.26 Å². The van der Waals surface area contributed by atoms with E-state index in [1.165, 1.54) is 11.1 Å². The smallest absolute Gasteiger partial charge is 0.143 e. The zero-order chi connectivity index (χ0) is 15.4. The highest BCUT2D eigenvalue weighted by Gasteiger charge is 2.25. The van der Waals surface area contributed by atoms with Gasteiger partial charge < -0.3 is 9.64 Å². The van der Waals surface area contributed by atoms with Gasteiger partial charge in [0.25, 0.3) is 0 Å². The van der Waals surface area contributed by atoms with Crippen LogP contribution in [-0.4, -0.2) is 12.6 Å². The number of benzene rings is 2. The van der Waals surface area contributed by atoms with Crippen molar-refractivity contribution < 1.29 is 4.74 Å². The minimum Gasteiger partial charge on any atom is -0.486 e. The van der Waals surface area contributed by atoms with Crippen molar-refractivity contribution in [3.8, 4) is 11.8 Å². The second-order valence-electron chi connectivity index (χ2n) is 5.77. The van der Waals surface area contributed by atoms with Gasteiger partial charge in [0, 0.05) is 13.0 Å². The molecule has 1 aliphatic heterocycles. The van der Waals surface area contributed by atoms with Gasteiger partial charge in [-0.25, -0.2) is 0 Å². The van der Waals surface area contributed by atoms with Gasteiger partial charge in [0.05, 0.1) is 18.3 Å². The second-order valence-corrected chi connectivity index (χ2v) is 5.77. The van der Waals surface area contributed by atoms with Crippen LogP contribution in [0.25, 0.3) is 0 Å². The lowest BCUT2D eigenvalue weighted by atomic mass is 10.1. The van der Waals surface area contributed by atoms with Gasteiger partial charge in [0.15, 0.2) is 0 Å². The van der Waals surface area contributed by atoms with E-state index < -0.39 is 0 Å². The molecule has 112 valence electrons. The van der Waals surface area contributed by atoms with E-state index >= 15 is 0 Å². The van der Waals surface area contributed by atoms with Gasteiger partial charge in [0.1, 0.15) is 11.9 Å². The van der Waals surface area contributed by atoms with Crippen LogP contribution in [0.15, 0.2) is 48.5 Å². The highest BCUT2D eigenvalue weighted by molar-refractivity contribution is 5.61. The highest BCUT2D eigenvalue weighted by Crippen LogP contribution is 2.36. The van der Waals surface area contributed by atoms with E-state index in [0.29, 0.717) is 6.42 Å². The third-order valence-electron chi connectivity index (χ3n) is 3.97. The average Bonchev–Trinajstić information content (AvgIpc) is 2.54. The Morgan fingerprint density at radius 1 is 1.23 bits per heavy atom. The Balaban J connectivity index is 1.86. The van der Waals surface area contributed by atoms with Crippen molar-refractivity contribution in [2.45, 2.75) is 32.4 Å². The fourth-order valence-electron chi connectivity index (χ4n) is 2.86. The van der Waals surface area contributed by atoms with Crippen LogP contribution in [0.1, 0.15) is 24.0 Å². The topological polar surface area (TPSA) is 36.3 Å². The predicted octanol–water partition coefficient (Wildman–Crippen LogP) is 4.07. The average molecular weight is 292 g/mol. The summed E-state index contributed by atoms with van der Waals surface area (Å²) in [6.45, 7) is 3.79. The molecule has 0 aliphatic carbocycles. The zero-order valence-corrected chi connectivity index (χ0v) is 12.8.